The maximum Gasteiger partial charge on any atom is 0.0578 e. The molecule has 2 heteroatoms. The molecule has 2 rings (SSSR count). The predicted molar refractivity (Wildman–Crippen MR) is 58.2 cm³/mol. The summed E-state index contributed by atoms with van der Waals surface area (Å²) in [6.45, 7) is 3.27. The van der Waals surface area contributed by atoms with Crippen LogP contribution in [0.4, 0.5) is 0 Å². The fourth-order valence-corrected chi connectivity index (χ4v) is 2.20. The van der Waals surface area contributed by atoms with Gasteiger partial charge in [0.2, 0.25) is 0 Å². The Bertz CT molecular complexity index is 309. The average Bonchev–Trinajstić information content (AvgIpc) is 2.18. The van der Waals surface area contributed by atoms with Crippen molar-refractivity contribution < 1.29 is 0 Å². The minimum atomic E-state index is 0.545. The number of hydrogen-bond acceptors (Lipinski definition) is 2. The van der Waals surface area contributed by atoms with Crippen LogP contribution >= 0.6 is 0 Å². The van der Waals surface area contributed by atoms with Crippen LogP contribution in [0.3, 0.4) is 0 Å². The quantitative estimate of drug-likeness (QED) is 0.676. The first-order chi connectivity index (χ1) is 6.77. The Labute approximate surface area is 86.0 Å². The highest BCUT2D eigenvalue weighted by Crippen LogP contribution is 2.27. The van der Waals surface area contributed by atoms with Crippen molar-refractivity contribution in [2.75, 3.05) is 13.6 Å². The van der Waals surface area contributed by atoms with E-state index in [4.69, 9.17) is 0 Å². The summed E-state index contributed by atoms with van der Waals surface area (Å²) < 4.78 is 0. The third kappa shape index (κ3) is 1.95. The molecule has 0 spiro atoms. The average molecular weight is 190 g/mol. The van der Waals surface area contributed by atoms with Crippen LogP contribution in [0.1, 0.15) is 36.7 Å². The molecule has 1 atom stereocenters. The van der Waals surface area contributed by atoms with E-state index in [1.54, 1.807) is 0 Å². The van der Waals surface area contributed by atoms with E-state index in [1.807, 2.05) is 0 Å². The number of aryl methyl sites for hydroxylation is 1. The van der Waals surface area contributed by atoms with E-state index in [2.05, 4.69) is 42.1 Å². The minimum Gasteiger partial charge on any atom is -0.298 e. The fraction of sp³-hybridized carbons (Fsp3) is 0.583. The van der Waals surface area contributed by atoms with Gasteiger partial charge in [0.25, 0.3) is 0 Å². The van der Waals surface area contributed by atoms with Crippen molar-refractivity contribution >= 4 is 0 Å². The first kappa shape index (κ1) is 9.66. The monoisotopic (exact) mass is 190 g/mol. The minimum absolute atomic E-state index is 0.545. The first-order valence-corrected chi connectivity index (χ1v) is 5.41. The van der Waals surface area contributed by atoms with E-state index in [0.717, 1.165) is 5.69 Å². The molecular formula is C12H18N2. The third-order valence-corrected chi connectivity index (χ3v) is 3.02. The summed E-state index contributed by atoms with van der Waals surface area (Å²) in [5, 5.41) is 0. The molecule has 0 bridgehead atoms. The van der Waals surface area contributed by atoms with E-state index in [0.29, 0.717) is 6.04 Å². The van der Waals surface area contributed by atoms with Gasteiger partial charge in [0.15, 0.2) is 0 Å². The molecule has 1 fully saturated rings. The van der Waals surface area contributed by atoms with Gasteiger partial charge in [-0.1, -0.05) is 12.5 Å². The zero-order valence-corrected chi connectivity index (χ0v) is 9.03. The molecule has 76 valence electrons. The lowest BCUT2D eigenvalue weighted by molar-refractivity contribution is 0.183. The first-order valence-electron chi connectivity index (χ1n) is 5.41. The Kier molecular flexibility index (Phi) is 2.82. The van der Waals surface area contributed by atoms with E-state index in [1.165, 1.54) is 31.5 Å². The summed E-state index contributed by atoms with van der Waals surface area (Å²) in [6.07, 6.45) is 3.93. The molecule has 1 aromatic heterocycles. The lowest BCUT2D eigenvalue weighted by Gasteiger charge is -2.32. The van der Waals surface area contributed by atoms with Crippen LogP contribution in [0.25, 0.3) is 0 Å². The topological polar surface area (TPSA) is 16.1 Å². The third-order valence-electron chi connectivity index (χ3n) is 3.02. The van der Waals surface area contributed by atoms with Crippen molar-refractivity contribution in [1.29, 1.82) is 0 Å². The number of aromatic nitrogens is 1. The molecule has 1 aliphatic rings. The van der Waals surface area contributed by atoms with Gasteiger partial charge in [-0.3, -0.25) is 9.88 Å². The Balaban J connectivity index is 2.20. The zero-order chi connectivity index (χ0) is 9.97. The number of pyridine rings is 1. The molecule has 1 aliphatic heterocycles. The molecule has 0 N–H and O–H groups in total. The molecular weight excluding hydrogens is 172 g/mol. The number of nitrogens with zero attached hydrogens (tertiary/aromatic N) is 2. The smallest absolute Gasteiger partial charge is 0.0578 e. The molecule has 0 aliphatic carbocycles. The van der Waals surface area contributed by atoms with Gasteiger partial charge >= 0.3 is 0 Å². The van der Waals surface area contributed by atoms with Crippen LogP contribution in [-0.4, -0.2) is 23.5 Å². The second-order valence-electron chi connectivity index (χ2n) is 4.20. The molecule has 0 aromatic carbocycles. The van der Waals surface area contributed by atoms with Crippen LogP contribution in [-0.2, 0) is 0 Å². The van der Waals surface area contributed by atoms with Crippen molar-refractivity contribution in [3.05, 3.63) is 29.6 Å². The summed E-state index contributed by atoms with van der Waals surface area (Å²) >= 11 is 0. The largest absolute Gasteiger partial charge is 0.298 e. The van der Waals surface area contributed by atoms with E-state index in [-0.39, 0.29) is 0 Å². The molecule has 0 radical (unpaired) electrons. The molecule has 0 amide bonds. The van der Waals surface area contributed by atoms with Gasteiger partial charge < -0.3 is 0 Å². The van der Waals surface area contributed by atoms with Crippen LogP contribution in [0, 0.1) is 6.92 Å². The second kappa shape index (κ2) is 4.09. The van der Waals surface area contributed by atoms with Gasteiger partial charge in [0.05, 0.1) is 11.7 Å². The van der Waals surface area contributed by atoms with Gasteiger partial charge in [-0.25, -0.2) is 0 Å². The van der Waals surface area contributed by atoms with Crippen LogP contribution < -0.4 is 0 Å². The maximum absolute atomic E-state index is 4.61. The van der Waals surface area contributed by atoms with Crippen molar-refractivity contribution in [2.24, 2.45) is 0 Å². The van der Waals surface area contributed by atoms with Gasteiger partial charge in [-0.2, -0.15) is 0 Å². The summed E-state index contributed by atoms with van der Waals surface area (Å²) in [6, 6.07) is 6.87. The number of rotatable bonds is 1. The Morgan fingerprint density at radius 2 is 2.21 bits per heavy atom. The Morgan fingerprint density at radius 1 is 1.36 bits per heavy atom. The molecule has 0 saturated carbocycles. The van der Waals surface area contributed by atoms with Crippen molar-refractivity contribution in [3.8, 4) is 0 Å². The summed E-state index contributed by atoms with van der Waals surface area (Å²) in [5.74, 6) is 0. The lowest BCUT2D eigenvalue weighted by atomic mass is 9.99. The van der Waals surface area contributed by atoms with Gasteiger partial charge in [-0.15, -0.1) is 0 Å². The second-order valence-corrected chi connectivity index (χ2v) is 4.20. The predicted octanol–water partition coefficient (Wildman–Crippen LogP) is 2.55. The highest BCUT2D eigenvalue weighted by atomic mass is 15.1. The lowest BCUT2D eigenvalue weighted by Crippen LogP contribution is -2.30. The SMILES string of the molecule is Cc1cccc(C2CCCCN2C)n1. The van der Waals surface area contributed by atoms with Crippen molar-refractivity contribution in [3.63, 3.8) is 0 Å². The number of likely N-dealkylation sites (tertiary alicyclic amines) is 1. The summed E-state index contributed by atoms with van der Waals surface area (Å²) in [5.41, 5.74) is 2.37. The zero-order valence-electron chi connectivity index (χ0n) is 9.03. The highest BCUT2D eigenvalue weighted by Gasteiger charge is 2.21. The normalized spacial score (nSPS) is 23.7. The molecule has 1 saturated heterocycles. The Morgan fingerprint density at radius 3 is 2.93 bits per heavy atom. The molecule has 1 unspecified atom stereocenters. The molecule has 1 aromatic rings. The molecule has 2 nitrogen and oxygen atoms in total. The standard InChI is InChI=1S/C12H18N2/c1-10-6-5-7-11(13-10)12-8-3-4-9-14(12)2/h5-7,12H,3-4,8-9H2,1-2H3. The molecule has 2 heterocycles. The van der Waals surface area contributed by atoms with Crippen molar-refractivity contribution in [1.82, 2.24) is 9.88 Å². The van der Waals surface area contributed by atoms with E-state index < -0.39 is 0 Å². The van der Waals surface area contributed by atoms with Gasteiger partial charge in [0, 0.05) is 5.69 Å². The molecule has 14 heavy (non-hydrogen) atoms. The summed E-state index contributed by atoms with van der Waals surface area (Å²) in [4.78, 5) is 7.03. The Hall–Kier alpha value is -0.890. The number of hydrogen-bond donors (Lipinski definition) is 0. The van der Waals surface area contributed by atoms with Crippen molar-refractivity contribution in [2.45, 2.75) is 32.2 Å². The maximum atomic E-state index is 4.61. The number of piperidine rings is 1. The van der Waals surface area contributed by atoms with Crippen LogP contribution in [0.5, 0.6) is 0 Å². The van der Waals surface area contributed by atoms with E-state index >= 15 is 0 Å². The van der Waals surface area contributed by atoms with Crippen LogP contribution in [0.2, 0.25) is 0 Å². The fourth-order valence-electron chi connectivity index (χ4n) is 2.20. The van der Waals surface area contributed by atoms with Gasteiger partial charge in [0.1, 0.15) is 0 Å². The highest BCUT2D eigenvalue weighted by molar-refractivity contribution is 5.14. The van der Waals surface area contributed by atoms with E-state index in [9.17, 15) is 0 Å². The van der Waals surface area contributed by atoms with Crippen LogP contribution in [0.15, 0.2) is 18.2 Å². The van der Waals surface area contributed by atoms with Gasteiger partial charge in [-0.05, 0) is 45.5 Å². The summed E-state index contributed by atoms with van der Waals surface area (Å²) in [7, 11) is 2.20.